The summed E-state index contributed by atoms with van der Waals surface area (Å²) in [6.45, 7) is -0.373. The highest BCUT2D eigenvalue weighted by molar-refractivity contribution is 6.32. The first-order valence-electron chi connectivity index (χ1n) is 11.8. The molecule has 1 amide bonds. The van der Waals surface area contributed by atoms with Crippen molar-refractivity contribution in [2.45, 2.75) is 31.3 Å². The molecule has 2 aliphatic carbocycles. The molecule has 0 fully saturated rings. The van der Waals surface area contributed by atoms with E-state index in [1.165, 1.54) is 6.07 Å². The van der Waals surface area contributed by atoms with Crippen LogP contribution in [0.25, 0.3) is 12.2 Å². The largest absolute Gasteiger partial charge is 0.508 e. The van der Waals surface area contributed by atoms with Crippen LogP contribution < -0.4 is 11.2 Å². The van der Waals surface area contributed by atoms with Crippen LogP contribution >= 0.6 is 0 Å². The summed E-state index contributed by atoms with van der Waals surface area (Å²) in [5, 5.41) is 42.5. The average molecular weight is 489 g/mol. The van der Waals surface area contributed by atoms with Gasteiger partial charge in [0.2, 0.25) is 5.91 Å². The van der Waals surface area contributed by atoms with Gasteiger partial charge in [-0.25, -0.2) is 0 Å². The zero-order valence-corrected chi connectivity index (χ0v) is 19.9. The predicted octanol–water partition coefficient (Wildman–Crippen LogP) is 0.566. The quantitative estimate of drug-likeness (QED) is 0.216. The third kappa shape index (κ3) is 4.36. The Morgan fingerprint density at radius 1 is 1.11 bits per heavy atom. The molecule has 9 heteroatoms. The van der Waals surface area contributed by atoms with Crippen molar-refractivity contribution in [3.8, 4) is 5.75 Å². The zero-order valence-electron chi connectivity index (χ0n) is 19.9. The van der Waals surface area contributed by atoms with Crippen molar-refractivity contribution >= 4 is 42.9 Å². The average Bonchev–Trinajstić information content (AvgIpc) is 2.82. The molecule has 0 unspecified atom stereocenters. The number of amides is 1. The molecule has 2 aromatic carbocycles. The summed E-state index contributed by atoms with van der Waals surface area (Å²) >= 11 is 0. The Morgan fingerprint density at radius 3 is 2.44 bits per heavy atom. The number of benzene rings is 2. The molecule has 2 aromatic rings. The highest BCUT2D eigenvalue weighted by Gasteiger charge is 2.55. The van der Waals surface area contributed by atoms with Crippen LogP contribution in [0.15, 0.2) is 47.7 Å². The first kappa shape index (κ1) is 25.4. The van der Waals surface area contributed by atoms with Crippen molar-refractivity contribution in [2.24, 2.45) is 17.6 Å². The molecule has 0 aliphatic heterocycles. The highest BCUT2D eigenvalue weighted by Crippen LogP contribution is 2.49. The van der Waals surface area contributed by atoms with Gasteiger partial charge in [0.25, 0.3) is 0 Å². The van der Waals surface area contributed by atoms with E-state index in [1.807, 2.05) is 44.3 Å². The molecule has 2 aliphatic rings. The van der Waals surface area contributed by atoms with Gasteiger partial charge >= 0.3 is 0 Å². The zero-order chi connectivity index (χ0) is 26.2. The Kier molecular flexibility index (Phi) is 6.89. The van der Waals surface area contributed by atoms with Crippen molar-refractivity contribution < 1.29 is 34.8 Å². The molecular weight excluding hydrogens is 461 g/mol. The number of hydrogen-bond acceptors (Lipinski definition) is 7. The van der Waals surface area contributed by atoms with Crippen LogP contribution in [0.3, 0.4) is 0 Å². The Hall–Kier alpha value is -3.69. The van der Waals surface area contributed by atoms with Gasteiger partial charge in [-0.05, 0) is 47.9 Å². The SMILES string of the molecule is Bc1ccc(/C=C/c2ccc(O)c3c2C[C@H]2C[C@@H](CCO)[C@@](O)(C(=O)CC(N)=O)C(O)=C2C3=O)cc1. The van der Waals surface area contributed by atoms with Gasteiger partial charge in [0.1, 0.15) is 19.4 Å². The number of ketones is 2. The predicted molar refractivity (Wildman–Crippen MR) is 136 cm³/mol. The summed E-state index contributed by atoms with van der Waals surface area (Å²) in [4.78, 5) is 37.8. The van der Waals surface area contributed by atoms with Crippen molar-refractivity contribution in [3.63, 3.8) is 0 Å². The van der Waals surface area contributed by atoms with Gasteiger partial charge in [-0.2, -0.15) is 0 Å². The lowest BCUT2D eigenvalue weighted by molar-refractivity contribution is -0.147. The highest BCUT2D eigenvalue weighted by atomic mass is 16.3. The molecular formula is C27H28BNO7. The van der Waals surface area contributed by atoms with Crippen molar-refractivity contribution in [3.05, 3.63) is 70.0 Å². The Morgan fingerprint density at radius 2 is 1.81 bits per heavy atom. The number of carbonyl (C=O) groups excluding carboxylic acids is 3. The Labute approximate surface area is 209 Å². The molecule has 8 nitrogen and oxygen atoms in total. The Bertz CT molecular complexity index is 1300. The minimum atomic E-state index is -2.53. The van der Waals surface area contributed by atoms with Gasteiger partial charge in [0.15, 0.2) is 17.2 Å². The first-order valence-corrected chi connectivity index (χ1v) is 11.8. The number of phenols is 1. The maximum absolute atomic E-state index is 13.6. The van der Waals surface area contributed by atoms with Crippen LogP contribution in [-0.4, -0.2) is 58.0 Å². The number of hydrogen-bond donors (Lipinski definition) is 5. The molecule has 36 heavy (non-hydrogen) atoms. The molecule has 0 saturated heterocycles. The van der Waals surface area contributed by atoms with Gasteiger partial charge in [-0.15, -0.1) is 0 Å². The van der Waals surface area contributed by atoms with Gasteiger partial charge in [-0.1, -0.05) is 47.9 Å². The lowest BCUT2D eigenvalue weighted by Gasteiger charge is -2.43. The lowest BCUT2D eigenvalue weighted by Crippen LogP contribution is -2.54. The molecule has 0 radical (unpaired) electrons. The molecule has 4 rings (SSSR count). The fraction of sp³-hybridized carbons (Fsp3) is 0.296. The summed E-state index contributed by atoms with van der Waals surface area (Å²) in [5.41, 5.74) is 5.86. The van der Waals surface area contributed by atoms with E-state index in [4.69, 9.17) is 5.73 Å². The first-order chi connectivity index (χ1) is 17.1. The van der Waals surface area contributed by atoms with Crippen LogP contribution in [0.2, 0.25) is 0 Å². The maximum Gasteiger partial charge on any atom is 0.225 e. The van der Waals surface area contributed by atoms with Crippen LogP contribution in [0.1, 0.15) is 46.3 Å². The van der Waals surface area contributed by atoms with E-state index in [-0.39, 0.29) is 42.8 Å². The second-order valence-electron chi connectivity index (χ2n) is 9.54. The molecule has 0 aromatic heterocycles. The van der Waals surface area contributed by atoms with Gasteiger partial charge in [0.05, 0.1) is 12.0 Å². The van der Waals surface area contributed by atoms with Crippen molar-refractivity contribution in [2.75, 3.05) is 6.61 Å². The normalized spacial score (nSPS) is 23.4. The molecule has 186 valence electrons. The number of aliphatic hydroxyl groups is 3. The molecule has 0 saturated carbocycles. The summed E-state index contributed by atoms with van der Waals surface area (Å²) in [7, 11) is 1.99. The number of carbonyl (C=O) groups is 3. The second-order valence-corrected chi connectivity index (χ2v) is 9.54. The number of phenolic OH excluding ortho intramolecular Hbond substituents is 1. The molecule has 0 bridgehead atoms. The number of primary amides is 1. The maximum atomic E-state index is 13.6. The molecule has 6 N–H and O–H groups in total. The molecule has 0 heterocycles. The number of aromatic hydroxyl groups is 1. The summed E-state index contributed by atoms with van der Waals surface area (Å²) in [6.07, 6.45) is 3.27. The summed E-state index contributed by atoms with van der Waals surface area (Å²) in [5.74, 6) is -5.30. The lowest BCUT2D eigenvalue weighted by atomic mass is 9.62. The number of allylic oxidation sites excluding steroid dienone is 1. The summed E-state index contributed by atoms with van der Waals surface area (Å²) < 4.78 is 0. The van der Waals surface area contributed by atoms with E-state index < -0.39 is 47.1 Å². The fourth-order valence-corrected chi connectivity index (χ4v) is 5.36. The van der Waals surface area contributed by atoms with Crippen molar-refractivity contribution in [1.82, 2.24) is 0 Å². The van der Waals surface area contributed by atoms with Crippen LogP contribution in [0, 0.1) is 11.8 Å². The third-order valence-corrected chi connectivity index (χ3v) is 7.20. The number of nitrogens with two attached hydrogens (primary N) is 1. The van der Waals surface area contributed by atoms with Gasteiger partial charge in [0, 0.05) is 18.1 Å². The van der Waals surface area contributed by atoms with E-state index in [0.29, 0.717) is 5.56 Å². The number of fused-ring (bicyclic) bond motifs is 2. The topological polar surface area (TPSA) is 158 Å². The monoisotopic (exact) mass is 489 g/mol. The minimum absolute atomic E-state index is 0.00386. The van der Waals surface area contributed by atoms with E-state index >= 15 is 0 Å². The fourth-order valence-electron chi connectivity index (χ4n) is 5.36. The Balaban J connectivity index is 1.81. The van der Waals surface area contributed by atoms with Crippen LogP contribution in [0.5, 0.6) is 5.75 Å². The number of rotatable bonds is 7. The van der Waals surface area contributed by atoms with Crippen molar-refractivity contribution in [1.29, 1.82) is 0 Å². The molecule has 0 spiro atoms. The molecule has 3 atom stereocenters. The van der Waals surface area contributed by atoms with Gasteiger partial charge < -0.3 is 26.2 Å². The van der Waals surface area contributed by atoms with Crippen LogP contribution in [0.4, 0.5) is 0 Å². The van der Waals surface area contributed by atoms with E-state index in [1.54, 1.807) is 6.07 Å². The van der Waals surface area contributed by atoms with Gasteiger partial charge in [-0.3, -0.25) is 14.4 Å². The minimum Gasteiger partial charge on any atom is -0.508 e. The van der Waals surface area contributed by atoms with E-state index in [0.717, 1.165) is 16.6 Å². The smallest absolute Gasteiger partial charge is 0.225 e. The van der Waals surface area contributed by atoms with E-state index in [2.05, 4.69) is 0 Å². The van der Waals surface area contributed by atoms with Crippen LogP contribution in [-0.2, 0) is 16.0 Å². The second kappa shape index (κ2) is 9.75. The standard InChI is InChI=1S/C27H28BNO7/c28-18-6-2-14(3-7-18)1-4-15-5-8-20(31)24-19(15)12-16-11-17(9-10-30)27(36,21(32)13-22(29)33)26(35)23(16)25(24)34/h1-8,16-17,30-31,35-36H,9-13,28H2,(H2,29,33)/b4-1+/t16-,17-,27-/m1/s1. The summed E-state index contributed by atoms with van der Waals surface area (Å²) in [6, 6.07) is 11.0. The number of aliphatic hydroxyl groups excluding tert-OH is 2. The van der Waals surface area contributed by atoms with E-state index in [9.17, 15) is 34.8 Å². The number of Topliss-reactive ketones (excluding diaryl/α,β-unsaturated/α-hetero) is 2. The third-order valence-electron chi connectivity index (χ3n) is 7.20.